The third kappa shape index (κ3) is 6.25. The Morgan fingerprint density at radius 1 is 1.73 bits per heavy atom. The molecule has 0 aliphatic heterocycles. The van der Waals surface area contributed by atoms with E-state index in [1.807, 2.05) is 5.43 Å². The van der Waals surface area contributed by atoms with Crippen molar-refractivity contribution in [3.8, 4) is 6.07 Å². The van der Waals surface area contributed by atoms with Crippen LogP contribution in [0.3, 0.4) is 0 Å². The minimum atomic E-state index is -0.762. The van der Waals surface area contributed by atoms with E-state index in [1.165, 1.54) is 0 Å². The van der Waals surface area contributed by atoms with E-state index in [2.05, 4.69) is 12.9 Å². The highest BCUT2D eigenvalue weighted by atomic mass is 16.2. The van der Waals surface area contributed by atoms with Crippen LogP contribution in [0.25, 0.3) is 0 Å². The Hall–Kier alpha value is -1.64. The molecule has 0 aromatic heterocycles. The van der Waals surface area contributed by atoms with E-state index in [9.17, 15) is 9.59 Å². The van der Waals surface area contributed by atoms with Gasteiger partial charge in [-0.25, -0.2) is 5.43 Å². The maximum Gasteiger partial charge on any atom is 0.254 e. The van der Waals surface area contributed by atoms with Crippen LogP contribution in [0.2, 0.25) is 0 Å². The number of hydrogen-bond acceptors (Lipinski definition) is 4. The van der Waals surface area contributed by atoms with Crippen molar-refractivity contribution >= 4 is 25.7 Å². The molecule has 1 amide bonds. The van der Waals surface area contributed by atoms with E-state index in [1.54, 1.807) is 6.07 Å². The van der Waals surface area contributed by atoms with Gasteiger partial charge in [0.1, 0.15) is 12.1 Å². The highest BCUT2D eigenvalue weighted by molar-refractivity contribution is 6.73. The number of amides is 1. The molecule has 0 bridgehead atoms. The number of nitriles is 1. The number of carbonyl (C=O) groups excluding carboxylic acids is 2. The lowest BCUT2D eigenvalue weighted by atomic mass is 10.1. The van der Waals surface area contributed by atoms with Crippen LogP contribution < -0.4 is 5.43 Å². The zero-order chi connectivity index (χ0) is 8.69. The van der Waals surface area contributed by atoms with Crippen molar-refractivity contribution in [3.05, 3.63) is 0 Å². The summed E-state index contributed by atoms with van der Waals surface area (Å²) in [4.78, 5) is 20.4. The Morgan fingerprint density at radius 2 is 2.36 bits per heavy atom. The minimum absolute atomic E-state index is 0.296. The molecule has 0 aliphatic carbocycles. The first kappa shape index (κ1) is 9.36. The predicted octanol–water partition coefficient (Wildman–Crippen LogP) is -1.30. The van der Waals surface area contributed by atoms with Gasteiger partial charge in [-0.3, -0.25) is 4.79 Å². The molecule has 0 aromatic carbocycles. The van der Waals surface area contributed by atoms with Crippen molar-refractivity contribution in [2.75, 3.05) is 0 Å². The van der Waals surface area contributed by atoms with Gasteiger partial charge in [0, 0.05) is 0 Å². The van der Waals surface area contributed by atoms with E-state index in [0.29, 0.717) is 0 Å². The number of hydrazone groups is 1. The van der Waals surface area contributed by atoms with Crippen molar-refractivity contribution in [2.45, 2.75) is 6.42 Å². The monoisotopic (exact) mass is 149 g/mol. The summed E-state index contributed by atoms with van der Waals surface area (Å²) < 4.78 is 0. The fourth-order valence-corrected chi connectivity index (χ4v) is 0.279. The first-order valence-electron chi connectivity index (χ1n) is 2.65. The second-order valence-electron chi connectivity index (χ2n) is 1.53. The molecule has 0 atom stereocenters. The lowest BCUT2D eigenvalue weighted by Crippen LogP contribution is -2.17. The topological polar surface area (TPSA) is 82.3 Å². The first-order chi connectivity index (χ1) is 5.16. The van der Waals surface area contributed by atoms with E-state index < -0.39 is 11.6 Å². The maximum absolute atomic E-state index is 10.4. The molecular formula is C5H4BN3O2. The highest BCUT2D eigenvalue weighted by Crippen LogP contribution is 1.73. The highest BCUT2D eigenvalue weighted by Gasteiger charge is 1.94. The summed E-state index contributed by atoms with van der Waals surface area (Å²) in [5.41, 5.74) is 1.16. The summed E-state index contributed by atoms with van der Waals surface area (Å²) in [5.74, 6) is -0.579. The second-order valence-corrected chi connectivity index (χ2v) is 1.53. The molecule has 0 aliphatic rings. The van der Waals surface area contributed by atoms with Crippen LogP contribution in [0.1, 0.15) is 6.42 Å². The average Bonchev–Trinajstić information content (AvgIpc) is 1.87. The molecule has 0 saturated heterocycles. The lowest BCUT2D eigenvalue weighted by Gasteiger charge is -1.89. The number of carbonyl (C=O) groups is 2. The maximum atomic E-state index is 10.4. The molecule has 0 fully saturated rings. The number of rotatable bonds is 3. The summed E-state index contributed by atoms with van der Waals surface area (Å²) in [6.07, 6.45) is 0.450. The number of hydrogen-bond donors (Lipinski definition) is 1. The molecule has 2 radical (unpaired) electrons. The third-order valence-corrected chi connectivity index (χ3v) is 0.621. The zero-order valence-electron chi connectivity index (χ0n) is 5.57. The Kier molecular flexibility index (Phi) is 4.40. The van der Waals surface area contributed by atoms with E-state index >= 15 is 0 Å². The van der Waals surface area contributed by atoms with Gasteiger partial charge in [-0.2, -0.15) is 10.4 Å². The quantitative estimate of drug-likeness (QED) is 0.307. The zero-order valence-corrected chi connectivity index (χ0v) is 5.57. The van der Waals surface area contributed by atoms with Crippen molar-refractivity contribution < 1.29 is 9.59 Å². The summed E-state index contributed by atoms with van der Waals surface area (Å²) in [5, 5.41) is 11.1. The van der Waals surface area contributed by atoms with Gasteiger partial charge in [0.05, 0.1) is 12.3 Å². The summed E-state index contributed by atoms with van der Waals surface area (Å²) in [6.45, 7) is 0. The molecular weight excluding hydrogens is 145 g/mol. The Labute approximate surface area is 64.5 Å². The fraction of sp³-hybridized carbons (Fsp3) is 0.200. The number of nitrogens with one attached hydrogen (secondary N) is 1. The van der Waals surface area contributed by atoms with Crippen molar-refractivity contribution in [3.63, 3.8) is 0 Å². The van der Waals surface area contributed by atoms with E-state index in [0.717, 1.165) is 6.21 Å². The molecule has 0 saturated carbocycles. The van der Waals surface area contributed by atoms with E-state index in [-0.39, 0.29) is 6.42 Å². The molecule has 11 heavy (non-hydrogen) atoms. The number of nitrogens with zero attached hydrogens (tertiary/aromatic N) is 2. The molecule has 0 unspecified atom stereocenters. The Balaban J connectivity index is 3.63. The van der Waals surface area contributed by atoms with Gasteiger partial charge < -0.3 is 4.79 Å². The molecule has 54 valence electrons. The first-order valence-corrected chi connectivity index (χ1v) is 2.65. The van der Waals surface area contributed by atoms with Gasteiger partial charge in [-0.05, 0) is 0 Å². The van der Waals surface area contributed by atoms with Gasteiger partial charge in [0.25, 0.3) is 5.91 Å². The molecule has 0 heterocycles. The van der Waals surface area contributed by atoms with Crippen LogP contribution in [0.15, 0.2) is 5.10 Å². The van der Waals surface area contributed by atoms with Crippen LogP contribution in [0.4, 0.5) is 0 Å². The molecule has 0 spiro atoms. The Bertz CT molecular complexity index is 230. The van der Waals surface area contributed by atoms with Crippen molar-refractivity contribution in [2.24, 2.45) is 5.10 Å². The van der Waals surface area contributed by atoms with Gasteiger partial charge in [-0.1, -0.05) is 0 Å². The SMILES string of the molecule is [B]C(=O)/C=N/NC(=O)CC#N. The van der Waals surface area contributed by atoms with Crippen LogP contribution in [0, 0.1) is 11.3 Å². The van der Waals surface area contributed by atoms with Crippen LogP contribution >= 0.6 is 0 Å². The van der Waals surface area contributed by atoms with Gasteiger partial charge in [-0.15, -0.1) is 0 Å². The van der Waals surface area contributed by atoms with Gasteiger partial charge >= 0.3 is 0 Å². The fourth-order valence-electron chi connectivity index (χ4n) is 0.279. The normalized spacial score (nSPS) is 9.00. The summed E-state index contributed by atoms with van der Waals surface area (Å²) in [7, 11) is 4.65. The van der Waals surface area contributed by atoms with Gasteiger partial charge in [0.2, 0.25) is 0 Å². The lowest BCUT2D eigenvalue weighted by molar-refractivity contribution is -0.120. The van der Waals surface area contributed by atoms with Crippen LogP contribution in [-0.4, -0.2) is 25.7 Å². The van der Waals surface area contributed by atoms with Crippen molar-refractivity contribution in [1.82, 2.24) is 5.43 Å². The standard InChI is InChI=1S/C5H4BN3O2/c6-4(10)3-8-9-5(11)1-2-7/h3H,1H2,(H,9,11)/b8-3+. The minimum Gasteiger partial charge on any atom is -0.306 e. The second kappa shape index (κ2) is 5.17. The summed E-state index contributed by atoms with van der Waals surface area (Å²) >= 11 is 0. The Morgan fingerprint density at radius 3 is 2.82 bits per heavy atom. The third-order valence-electron chi connectivity index (χ3n) is 0.621. The van der Waals surface area contributed by atoms with Crippen LogP contribution in [0.5, 0.6) is 0 Å². The van der Waals surface area contributed by atoms with Crippen molar-refractivity contribution in [1.29, 1.82) is 5.26 Å². The molecule has 0 rings (SSSR count). The predicted molar refractivity (Wildman–Crippen MR) is 37.6 cm³/mol. The molecule has 6 heteroatoms. The average molecular weight is 149 g/mol. The molecule has 0 aromatic rings. The summed E-state index contributed by atoms with van der Waals surface area (Å²) in [6, 6.07) is 1.60. The smallest absolute Gasteiger partial charge is 0.254 e. The molecule has 5 nitrogen and oxygen atoms in total. The van der Waals surface area contributed by atoms with E-state index in [4.69, 9.17) is 5.26 Å². The van der Waals surface area contributed by atoms with Gasteiger partial charge in [0.15, 0.2) is 7.85 Å². The molecule has 1 N–H and O–H groups in total. The van der Waals surface area contributed by atoms with Crippen LogP contribution in [-0.2, 0) is 9.59 Å². The largest absolute Gasteiger partial charge is 0.306 e.